The molecule has 2 saturated heterocycles. The third-order valence-electron chi connectivity index (χ3n) is 5.29. The van der Waals surface area contributed by atoms with Crippen molar-refractivity contribution in [1.29, 1.82) is 0 Å². The lowest BCUT2D eigenvalue weighted by atomic mass is 9.82. The molecule has 2 aliphatic rings. The molecule has 1 spiro atoms. The Balaban J connectivity index is 1.66. The van der Waals surface area contributed by atoms with E-state index in [0.29, 0.717) is 19.5 Å². The summed E-state index contributed by atoms with van der Waals surface area (Å²) < 4.78 is 0. The van der Waals surface area contributed by atoms with Gasteiger partial charge in [-0.1, -0.05) is 13.0 Å². The van der Waals surface area contributed by atoms with Crippen molar-refractivity contribution in [1.82, 2.24) is 14.7 Å². The van der Waals surface area contributed by atoms with E-state index in [-0.39, 0.29) is 17.4 Å². The number of hydrogen-bond acceptors (Lipinski definition) is 4. The fourth-order valence-corrected chi connectivity index (χ4v) is 4.56. The summed E-state index contributed by atoms with van der Waals surface area (Å²) in [5.41, 5.74) is -0.387. The fraction of sp³-hybridized carbons (Fsp3) is 0.647. The van der Waals surface area contributed by atoms with Gasteiger partial charge in [0.1, 0.15) is 5.54 Å². The van der Waals surface area contributed by atoms with E-state index in [2.05, 4.69) is 11.8 Å². The number of nitrogens with zero attached hydrogens (tertiary/aromatic N) is 3. The fourth-order valence-electron chi connectivity index (χ4n) is 3.87. The summed E-state index contributed by atoms with van der Waals surface area (Å²) in [6.07, 6.45) is 1.98. The third kappa shape index (κ3) is 3.02. The van der Waals surface area contributed by atoms with E-state index in [1.165, 1.54) is 0 Å². The molecule has 0 aliphatic carbocycles. The minimum atomic E-state index is -0.387. The van der Waals surface area contributed by atoms with Gasteiger partial charge in [-0.25, -0.2) is 0 Å². The molecule has 6 heteroatoms. The minimum absolute atomic E-state index is 0.182. The zero-order chi connectivity index (χ0) is 16.4. The molecule has 0 saturated carbocycles. The van der Waals surface area contributed by atoms with Crippen LogP contribution in [0.3, 0.4) is 0 Å². The molecule has 0 bridgehead atoms. The Hall–Kier alpha value is -1.40. The van der Waals surface area contributed by atoms with Gasteiger partial charge >= 0.3 is 0 Å². The van der Waals surface area contributed by atoms with Crippen molar-refractivity contribution in [2.45, 2.75) is 31.7 Å². The second-order valence-corrected chi connectivity index (χ2v) is 7.51. The second-order valence-electron chi connectivity index (χ2n) is 6.47. The highest BCUT2D eigenvalue weighted by molar-refractivity contribution is 7.10. The third-order valence-corrected chi connectivity index (χ3v) is 6.16. The van der Waals surface area contributed by atoms with Gasteiger partial charge in [-0.3, -0.25) is 14.5 Å². The van der Waals surface area contributed by atoms with Gasteiger partial charge < -0.3 is 9.80 Å². The Labute approximate surface area is 141 Å². The average Bonchev–Trinajstić information content (AvgIpc) is 3.06. The smallest absolute Gasteiger partial charge is 0.243 e. The van der Waals surface area contributed by atoms with Crippen LogP contribution in [0.4, 0.5) is 0 Å². The Kier molecular flexibility index (Phi) is 4.73. The quantitative estimate of drug-likeness (QED) is 0.840. The molecule has 0 unspecified atom stereocenters. The standard InChI is InChI=1S/C17H25N3O2S/c1-3-20-11-10-18(2)16(22)17(20)6-8-19(9-7-17)15(21)13-14-5-4-12-23-14/h4-5,12H,3,6-11,13H2,1-2H3. The van der Waals surface area contributed by atoms with Gasteiger partial charge in [-0.15, -0.1) is 11.3 Å². The highest BCUT2D eigenvalue weighted by atomic mass is 32.1. The van der Waals surface area contributed by atoms with E-state index < -0.39 is 0 Å². The van der Waals surface area contributed by atoms with Crippen molar-refractivity contribution in [2.24, 2.45) is 0 Å². The number of rotatable bonds is 3. The molecule has 2 amide bonds. The summed E-state index contributed by atoms with van der Waals surface area (Å²) in [6.45, 7) is 6.11. The van der Waals surface area contributed by atoms with Crippen molar-refractivity contribution in [3.05, 3.63) is 22.4 Å². The van der Waals surface area contributed by atoms with Gasteiger partial charge in [0.2, 0.25) is 11.8 Å². The van der Waals surface area contributed by atoms with Crippen LogP contribution in [0.1, 0.15) is 24.6 Å². The van der Waals surface area contributed by atoms with Crippen LogP contribution in [-0.2, 0) is 16.0 Å². The predicted octanol–water partition coefficient (Wildman–Crippen LogP) is 1.45. The molecule has 0 atom stereocenters. The number of piperazine rings is 1. The Morgan fingerprint density at radius 1 is 1.26 bits per heavy atom. The highest BCUT2D eigenvalue weighted by Gasteiger charge is 2.49. The zero-order valence-electron chi connectivity index (χ0n) is 14.0. The van der Waals surface area contributed by atoms with Gasteiger partial charge in [0.25, 0.3) is 0 Å². The maximum atomic E-state index is 12.8. The molecule has 0 N–H and O–H groups in total. The second kappa shape index (κ2) is 6.61. The van der Waals surface area contributed by atoms with Crippen LogP contribution in [0.2, 0.25) is 0 Å². The lowest BCUT2D eigenvalue weighted by Crippen LogP contribution is -2.68. The first kappa shape index (κ1) is 16.5. The van der Waals surface area contributed by atoms with E-state index in [4.69, 9.17) is 0 Å². The number of amides is 2. The largest absolute Gasteiger partial charge is 0.343 e. The van der Waals surface area contributed by atoms with E-state index in [1.54, 1.807) is 11.3 Å². The Bertz CT molecular complexity index is 564. The number of likely N-dealkylation sites (N-methyl/N-ethyl adjacent to an activating group) is 2. The number of carbonyl (C=O) groups excluding carboxylic acids is 2. The number of thiophene rings is 1. The van der Waals surface area contributed by atoms with Crippen molar-refractivity contribution < 1.29 is 9.59 Å². The molecule has 126 valence electrons. The van der Waals surface area contributed by atoms with E-state index in [9.17, 15) is 9.59 Å². The van der Waals surface area contributed by atoms with Crippen LogP contribution >= 0.6 is 11.3 Å². The first-order chi connectivity index (χ1) is 11.1. The number of carbonyl (C=O) groups is 2. The average molecular weight is 335 g/mol. The molecule has 2 aliphatic heterocycles. The van der Waals surface area contributed by atoms with Crippen LogP contribution in [0.25, 0.3) is 0 Å². The monoisotopic (exact) mass is 335 g/mol. The van der Waals surface area contributed by atoms with Crippen LogP contribution in [-0.4, -0.2) is 71.8 Å². The van der Waals surface area contributed by atoms with Gasteiger partial charge in [-0.05, 0) is 30.8 Å². The van der Waals surface area contributed by atoms with Crippen LogP contribution < -0.4 is 0 Å². The molecular formula is C17H25N3O2S. The van der Waals surface area contributed by atoms with Gasteiger partial charge in [-0.2, -0.15) is 0 Å². The van der Waals surface area contributed by atoms with Crippen LogP contribution in [0.15, 0.2) is 17.5 Å². The lowest BCUT2D eigenvalue weighted by molar-refractivity contribution is -0.156. The minimum Gasteiger partial charge on any atom is -0.343 e. The van der Waals surface area contributed by atoms with E-state index >= 15 is 0 Å². The van der Waals surface area contributed by atoms with Crippen LogP contribution in [0.5, 0.6) is 0 Å². The highest BCUT2D eigenvalue weighted by Crippen LogP contribution is 2.33. The van der Waals surface area contributed by atoms with Gasteiger partial charge in [0.05, 0.1) is 6.42 Å². The predicted molar refractivity (Wildman–Crippen MR) is 91.5 cm³/mol. The zero-order valence-corrected chi connectivity index (χ0v) is 14.8. The Morgan fingerprint density at radius 2 is 2.00 bits per heavy atom. The van der Waals surface area contributed by atoms with Crippen molar-refractivity contribution in [2.75, 3.05) is 39.8 Å². The van der Waals surface area contributed by atoms with Crippen LogP contribution in [0, 0.1) is 0 Å². The molecule has 2 fully saturated rings. The first-order valence-corrected chi connectivity index (χ1v) is 9.25. The molecule has 1 aromatic rings. The maximum Gasteiger partial charge on any atom is 0.243 e. The number of likely N-dealkylation sites (tertiary alicyclic amines) is 1. The molecule has 1 aromatic heterocycles. The molecule has 23 heavy (non-hydrogen) atoms. The van der Waals surface area contributed by atoms with Crippen molar-refractivity contribution in [3.8, 4) is 0 Å². The molecule has 0 aromatic carbocycles. The SMILES string of the molecule is CCN1CCN(C)C(=O)C12CCN(C(=O)Cc1cccs1)CC2. The molecular weight excluding hydrogens is 310 g/mol. The summed E-state index contributed by atoms with van der Waals surface area (Å²) in [6, 6.07) is 3.99. The van der Waals surface area contributed by atoms with Gasteiger partial charge in [0.15, 0.2) is 0 Å². The Morgan fingerprint density at radius 3 is 2.61 bits per heavy atom. The van der Waals surface area contributed by atoms with Crippen molar-refractivity contribution >= 4 is 23.2 Å². The van der Waals surface area contributed by atoms with Gasteiger partial charge in [0, 0.05) is 38.1 Å². The molecule has 5 nitrogen and oxygen atoms in total. The molecule has 3 heterocycles. The lowest BCUT2D eigenvalue weighted by Gasteiger charge is -2.52. The maximum absolute atomic E-state index is 12.8. The summed E-state index contributed by atoms with van der Waals surface area (Å²) >= 11 is 1.62. The summed E-state index contributed by atoms with van der Waals surface area (Å²) in [5.74, 6) is 0.415. The summed E-state index contributed by atoms with van der Waals surface area (Å²) in [7, 11) is 1.89. The van der Waals surface area contributed by atoms with Crippen molar-refractivity contribution in [3.63, 3.8) is 0 Å². The number of piperidine rings is 1. The summed E-state index contributed by atoms with van der Waals surface area (Å²) in [4.78, 5) is 32.5. The topological polar surface area (TPSA) is 43.9 Å². The first-order valence-electron chi connectivity index (χ1n) is 8.37. The molecule has 3 rings (SSSR count). The normalized spacial score (nSPS) is 21.9. The molecule has 0 radical (unpaired) electrons. The summed E-state index contributed by atoms with van der Waals surface area (Å²) in [5, 5.41) is 2.00. The van der Waals surface area contributed by atoms with E-state index in [0.717, 1.165) is 37.4 Å². The number of hydrogen-bond donors (Lipinski definition) is 0. The van der Waals surface area contributed by atoms with E-state index in [1.807, 2.05) is 34.4 Å².